The summed E-state index contributed by atoms with van der Waals surface area (Å²) in [7, 11) is 0. The first-order chi connectivity index (χ1) is 6.95. The van der Waals surface area contributed by atoms with Gasteiger partial charge in [-0.3, -0.25) is 4.90 Å². The van der Waals surface area contributed by atoms with E-state index < -0.39 is 0 Å². The molecular formula is C13H18N. The first-order valence-corrected chi connectivity index (χ1v) is 5.62. The standard InChI is InChI=1S/C13H18N/c1-2-7-11-14(10-6-1)12-13-8-4-3-5-9-13/h4-5,8-9H,1-2,6-7,10-12H2. The Labute approximate surface area is 86.7 Å². The average Bonchev–Trinajstić information content (AvgIpc) is 2.48. The Morgan fingerprint density at radius 2 is 1.64 bits per heavy atom. The molecular weight excluding hydrogens is 170 g/mol. The molecule has 1 radical (unpaired) electrons. The Balaban J connectivity index is 1.90. The Morgan fingerprint density at radius 3 is 2.29 bits per heavy atom. The molecule has 0 aliphatic carbocycles. The summed E-state index contributed by atoms with van der Waals surface area (Å²) in [6.45, 7) is 3.67. The third-order valence-corrected chi connectivity index (χ3v) is 2.89. The number of benzene rings is 1. The Hall–Kier alpha value is -0.820. The van der Waals surface area contributed by atoms with Crippen LogP contribution >= 0.6 is 0 Å². The minimum absolute atomic E-state index is 1.12. The van der Waals surface area contributed by atoms with Crippen molar-refractivity contribution < 1.29 is 0 Å². The lowest BCUT2D eigenvalue weighted by atomic mass is 10.2. The van der Waals surface area contributed by atoms with Crippen LogP contribution in [-0.2, 0) is 6.54 Å². The highest BCUT2D eigenvalue weighted by atomic mass is 15.1. The van der Waals surface area contributed by atoms with Gasteiger partial charge in [0.2, 0.25) is 0 Å². The summed E-state index contributed by atoms with van der Waals surface area (Å²) in [5, 5.41) is 0. The van der Waals surface area contributed by atoms with E-state index in [0.29, 0.717) is 0 Å². The van der Waals surface area contributed by atoms with Gasteiger partial charge in [-0.15, -0.1) is 0 Å². The van der Waals surface area contributed by atoms with Crippen LogP contribution < -0.4 is 0 Å². The molecule has 0 atom stereocenters. The van der Waals surface area contributed by atoms with Gasteiger partial charge in [0.05, 0.1) is 0 Å². The van der Waals surface area contributed by atoms with E-state index in [4.69, 9.17) is 0 Å². The Kier molecular flexibility index (Phi) is 3.58. The summed E-state index contributed by atoms with van der Waals surface area (Å²) in [5.74, 6) is 0. The van der Waals surface area contributed by atoms with Crippen LogP contribution in [0.1, 0.15) is 31.2 Å². The van der Waals surface area contributed by atoms with Crippen molar-refractivity contribution in [1.82, 2.24) is 4.90 Å². The van der Waals surface area contributed by atoms with Crippen molar-refractivity contribution in [2.45, 2.75) is 32.2 Å². The van der Waals surface area contributed by atoms with Crippen LogP contribution in [0.4, 0.5) is 0 Å². The molecule has 0 spiro atoms. The van der Waals surface area contributed by atoms with E-state index in [1.165, 1.54) is 44.3 Å². The molecule has 1 saturated heterocycles. The van der Waals surface area contributed by atoms with E-state index >= 15 is 0 Å². The molecule has 75 valence electrons. The summed E-state index contributed by atoms with van der Waals surface area (Å²) in [6, 6.07) is 11.4. The molecule has 0 saturated carbocycles. The zero-order valence-corrected chi connectivity index (χ0v) is 8.71. The third kappa shape index (κ3) is 2.85. The monoisotopic (exact) mass is 188 g/mol. The second kappa shape index (κ2) is 5.16. The highest BCUT2D eigenvalue weighted by molar-refractivity contribution is 5.13. The van der Waals surface area contributed by atoms with E-state index in [1.807, 2.05) is 12.1 Å². The van der Waals surface area contributed by atoms with Gasteiger partial charge in [0, 0.05) is 6.54 Å². The van der Waals surface area contributed by atoms with Gasteiger partial charge in [-0.2, -0.15) is 0 Å². The zero-order valence-electron chi connectivity index (χ0n) is 8.71. The molecule has 2 rings (SSSR count). The van der Waals surface area contributed by atoms with Gasteiger partial charge in [-0.25, -0.2) is 0 Å². The zero-order chi connectivity index (χ0) is 9.64. The smallest absolute Gasteiger partial charge is 0.0233 e. The van der Waals surface area contributed by atoms with Crippen LogP contribution in [0.3, 0.4) is 0 Å². The molecule has 1 aromatic carbocycles. The molecule has 0 unspecified atom stereocenters. The maximum Gasteiger partial charge on any atom is 0.0233 e. The lowest BCUT2D eigenvalue weighted by Crippen LogP contribution is -2.23. The van der Waals surface area contributed by atoms with Crippen molar-refractivity contribution >= 4 is 0 Å². The quantitative estimate of drug-likeness (QED) is 0.690. The highest BCUT2D eigenvalue weighted by Gasteiger charge is 2.08. The van der Waals surface area contributed by atoms with Crippen molar-refractivity contribution in [2.24, 2.45) is 0 Å². The van der Waals surface area contributed by atoms with Crippen LogP contribution in [-0.4, -0.2) is 18.0 Å². The van der Waals surface area contributed by atoms with Crippen LogP contribution in [0.5, 0.6) is 0 Å². The molecule has 1 aliphatic rings. The molecule has 1 aliphatic heterocycles. The van der Waals surface area contributed by atoms with Crippen molar-refractivity contribution in [3.05, 3.63) is 35.9 Å². The Bertz CT molecular complexity index is 247. The first kappa shape index (κ1) is 9.72. The van der Waals surface area contributed by atoms with E-state index in [1.54, 1.807) is 0 Å². The predicted octanol–water partition coefficient (Wildman–Crippen LogP) is 2.86. The molecule has 1 heterocycles. The largest absolute Gasteiger partial charge is 0.299 e. The van der Waals surface area contributed by atoms with Gasteiger partial charge >= 0.3 is 0 Å². The van der Waals surface area contributed by atoms with Crippen LogP contribution in [0.2, 0.25) is 0 Å². The van der Waals surface area contributed by atoms with Crippen LogP contribution in [0.25, 0.3) is 0 Å². The molecule has 1 aromatic rings. The van der Waals surface area contributed by atoms with E-state index in [2.05, 4.69) is 23.1 Å². The average molecular weight is 188 g/mol. The minimum atomic E-state index is 1.12. The van der Waals surface area contributed by atoms with E-state index in [-0.39, 0.29) is 0 Å². The summed E-state index contributed by atoms with van der Waals surface area (Å²) in [5.41, 5.74) is 1.42. The fourth-order valence-corrected chi connectivity index (χ4v) is 2.08. The molecule has 1 nitrogen and oxygen atoms in total. The maximum absolute atomic E-state index is 3.06. The van der Waals surface area contributed by atoms with Crippen molar-refractivity contribution in [3.8, 4) is 0 Å². The lowest BCUT2D eigenvalue weighted by Gasteiger charge is -2.19. The van der Waals surface area contributed by atoms with E-state index in [0.717, 1.165) is 6.54 Å². The number of hydrogen-bond donors (Lipinski definition) is 0. The summed E-state index contributed by atoms with van der Waals surface area (Å²) >= 11 is 0. The van der Waals surface area contributed by atoms with Crippen molar-refractivity contribution in [3.63, 3.8) is 0 Å². The second-order valence-electron chi connectivity index (χ2n) is 4.10. The molecule has 1 fully saturated rings. The van der Waals surface area contributed by atoms with Crippen molar-refractivity contribution in [2.75, 3.05) is 13.1 Å². The molecule has 0 amide bonds. The van der Waals surface area contributed by atoms with Crippen molar-refractivity contribution in [1.29, 1.82) is 0 Å². The minimum Gasteiger partial charge on any atom is -0.299 e. The summed E-state index contributed by atoms with van der Waals surface area (Å²) < 4.78 is 0. The number of nitrogens with zero attached hydrogens (tertiary/aromatic N) is 1. The third-order valence-electron chi connectivity index (χ3n) is 2.89. The normalized spacial score (nSPS) is 19.1. The van der Waals surface area contributed by atoms with Crippen LogP contribution in [0.15, 0.2) is 24.3 Å². The topological polar surface area (TPSA) is 3.24 Å². The fraction of sp³-hybridized carbons (Fsp3) is 0.538. The Morgan fingerprint density at radius 1 is 1.00 bits per heavy atom. The molecule has 1 heteroatoms. The molecule has 0 N–H and O–H groups in total. The molecule has 14 heavy (non-hydrogen) atoms. The number of hydrogen-bond acceptors (Lipinski definition) is 1. The van der Waals surface area contributed by atoms with Gasteiger partial charge < -0.3 is 0 Å². The van der Waals surface area contributed by atoms with Gasteiger partial charge in [0.1, 0.15) is 0 Å². The maximum atomic E-state index is 3.06. The number of rotatable bonds is 2. The van der Waals surface area contributed by atoms with Gasteiger partial charge in [0.25, 0.3) is 0 Å². The lowest BCUT2D eigenvalue weighted by molar-refractivity contribution is 0.277. The summed E-state index contributed by atoms with van der Waals surface area (Å²) in [6.07, 6.45) is 5.58. The second-order valence-corrected chi connectivity index (χ2v) is 4.10. The first-order valence-electron chi connectivity index (χ1n) is 5.62. The summed E-state index contributed by atoms with van der Waals surface area (Å²) in [4.78, 5) is 2.57. The molecule has 0 bridgehead atoms. The fourth-order valence-electron chi connectivity index (χ4n) is 2.08. The highest BCUT2D eigenvalue weighted by Crippen LogP contribution is 2.12. The van der Waals surface area contributed by atoms with Gasteiger partial charge in [-0.1, -0.05) is 37.1 Å². The van der Waals surface area contributed by atoms with Crippen LogP contribution in [0, 0.1) is 6.07 Å². The van der Waals surface area contributed by atoms with E-state index in [9.17, 15) is 0 Å². The molecule has 0 aromatic heterocycles. The van der Waals surface area contributed by atoms with Gasteiger partial charge in [0.15, 0.2) is 0 Å². The van der Waals surface area contributed by atoms with Gasteiger partial charge in [-0.05, 0) is 37.6 Å². The predicted molar refractivity (Wildman–Crippen MR) is 59.0 cm³/mol. The number of likely N-dealkylation sites (tertiary alicyclic amines) is 1. The SMILES string of the molecule is [c]1ccc(CN2CCCCCC2)cc1.